The highest BCUT2D eigenvalue weighted by Crippen LogP contribution is 2.09. The van der Waals surface area contributed by atoms with Crippen molar-refractivity contribution in [3.05, 3.63) is 23.8 Å². The Hall–Kier alpha value is -0.920. The third-order valence-corrected chi connectivity index (χ3v) is 1.48. The lowest BCUT2D eigenvalue weighted by molar-refractivity contribution is 0.561. The van der Waals surface area contributed by atoms with Gasteiger partial charge in [0, 0.05) is 13.3 Å². The molecule has 0 saturated heterocycles. The lowest BCUT2D eigenvalue weighted by atomic mass is 10.0. The second kappa shape index (κ2) is 6.77. The quantitative estimate of drug-likeness (QED) is 0.453. The van der Waals surface area contributed by atoms with Crippen molar-refractivity contribution in [1.29, 1.82) is 0 Å². The van der Waals surface area contributed by atoms with Gasteiger partial charge in [-0.1, -0.05) is 26.0 Å². The van der Waals surface area contributed by atoms with Crippen LogP contribution in [0.3, 0.4) is 0 Å². The second-order valence-corrected chi connectivity index (χ2v) is 2.79. The van der Waals surface area contributed by atoms with Crippen molar-refractivity contribution >= 4 is 6.21 Å². The number of rotatable bonds is 4. The van der Waals surface area contributed by atoms with E-state index in [9.17, 15) is 4.39 Å². The van der Waals surface area contributed by atoms with Crippen molar-refractivity contribution in [1.82, 2.24) is 0 Å². The summed E-state index contributed by atoms with van der Waals surface area (Å²) in [4.78, 5) is 3.84. The fourth-order valence-corrected chi connectivity index (χ4v) is 0.782. The maximum absolute atomic E-state index is 11.8. The van der Waals surface area contributed by atoms with E-state index in [4.69, 9.17) is 0 Å². The molecule has 0 heterocycles. The Morgan fingerprint density at radius 1 is 1.50 bits per heavy atom. The maximum atomic E-state index is 11.8. The van der Waals surface area contributed by atoms with Gasteiger partial charge in [0.05, 0.1) is 0 Å². The van der Waals surface area contributed by atoms with Crippen molar-refractivity contribution in [3.8, 4) is 0 Å². The summed E-state index contributed by atoms with van der Waals surface area (Å²) in [5.41, 5.74) is 1.10. The number of halogens is 1. The summed E-state index contributed by atoms with van der Waals surface area (Å²) in [6.45, 7) is 3.73. The van der Waals surface area contributed by atoms with Gasteiger partial charge in [-0.3, -0.25) is 4.99 Å². The van der Waals surface area contributed by atoms with Crippen molar-refractivity contribution in [2.75, 3.05) is 13.7 Å². The number of hydrogen-bond donors (Lipinski definition) is 0. The van der Waals surface area contributed by atoms with E-state index >= 15 is 0 Å². The highest BCUT2D eigenvalue weighted by Gasteiger charge is 1.96. The van der Waals surface area contributed by atoms with Gasteiger partial charge in [-0.15, -0.1) is 0 Å². The summed E-state index contributed by atoms with van der Waals surface area (Å²) >= 11 is 0. The number of allylic oxidation sites excluding steroid dienone is 4. The lowest BCUT2D eigenvalue weighted by Crippen LogP contribution is -1.91. The Morgan fingerprint density at radius 2 is 2.17 bits per heavy atom. The molecule has 68 valence electrons. The van der Waals surface area contributed by atoms with E-state index in [0.717, 1.165) is 5.57 Å². The molecule has 0 amide bonds. The smallest absolute Gasteiger partial charge is 0.108 e. The van der Waals surface area contributed by atoms with Crippen LogP contribution in [0.2, 0.25) is 0 Å². The SMILES string of the molecule is C\N=C/C=C(\C=C\CF)C(C)C. The van der Waals surface area contributed by atoms with Crippen molar-refractivity contribution < 1.29 is 4.39 Å². The minimum Gasteiger partial charge on any atom is -0.297 e. The van der Waals surface area contributed by atoms with E-state index in [1.54, 1.807) is 19.3 Å². The zero-order valence-electron chi connectivity index (χ0n) is 7.92. The number of hydrogen-bond acceptors (Lipinski definition) is 1. The summed E-state index contributed by atoms with van der Waals surface area (Å²) in [5, 5.41) is 0. The van der Waals surface area contributed by atoms with Crippen LogP contribution < -0.4 is 0 Å². The van der Waals surface area contributed by atoms with Crippen LogP contribution in [-0.2, 0) is 0 Å². The average molecular weight is 169 g/mol. The Labute approximate surface area is 73.7 Å². The van der Waals surface area contributed by atoms with Crippen LogP contribution in [0.5, 0.6) is 0 Å². The molecule has 0 spiro atoms. The van der Waals surface area contributed by atoms with Gasteiger partial charge >= 0.3 is 0 Å². The Morgan fingerprint density at radius 3 is 2.58 bits per heavy atom. The fourth-order valence-electron chi connectivity index (χ4n) is 0.782. The standard InChI is InChI=1S/C10H16FN/c1-9(2)10(5-4-7-11)6-8-12-3/h4-6,8-9H,7H2,1-3H3/b5-4+,10-6+,12-8-. The predicted octanol–water partition coefficient (Wildman–Crippen LogP) is 2.80. The molecule has 0 aliphatic heterocycles. The molecular formula is C10H16FN. The Bertz CT molecular complexity index is 190. The molecule has 0 aliphatic carbocycles. The molecule has 0 aromatic rings. The van der Waals surface area contributed by atoms with Crippen LogP contribution >= 0.6 is 0 Å². The molecule has 0 aromatic carbocycles. The minimum absolute atomic E-state index is 0.408. The highest BCUT2D eigenvalue weighted by molar-refractivity contribution is 5.72. The van der Waals surface area contributed by atoms with E-state index in [1.165, 1.54) is 6.08 Å². The van der Waals surface area contributed by atoms with Crippen LogP contribution in [-0.4, -0.2) is 19.9 Å². The zero-order chi connectivity index (χ0) is 9.40. The predicted molar refractivity (Wildman–Crippen MR) is 52.5 cm³/mol. The molecule has 0 radical (unpaired) electrons. The van der Waals surface area contributed by atoms with Crippen molar-refractivity contribution in [2.45, 2.75) is 13.8 Å². The van der Waals surface area contributed by atoms with E-state index in [2.05, 4.69) is 18.8 Å². The van der Waals surface area contributed by atoms with Crippen LogP contribution in [0.25, 0.3) is 0 Å². The third kappa shape index (κ3) is 4.83. The Kier molecular flexibility index (Phi) is 6.25. The second-order valence-electron chi connectivity index (χ2n) is 2.79. The molecule has 0 N–H and O–H groups in total. The monoisotopic (exact) mass is 169 g/mol. The van der Waals surface area contributed by atoms with Crippen LogP contribution in [0.15, 0.2) is 28.8 Å². The molecule has 0 fully saturated rings. The number of nitrogens with zero attached hydrogens (tertiary/aromatic N) is 1. The highest BCUT2D eigenvalue weighted by atomic mass is 19.1. The first-order valence-electron chi connectivity index (χ1n) is 4.07. The zero-order valence-corrected chi connectivity index (χ0v) is 7.92. The molecule has 0 aliphatic rings. The lowest BCUT2D eigenvalue weighted by Gasteiger charge is -2.03. The van der Waals surface area contributed by atoms with E-state index in [1.807, 2.05) is 6.08 Å². The normalized spacial score (nSPS) is 13.9. The molecule has 2 heteroatoms. The van der Waals surface area contributed by atoms with Gasteiger partial charge in [0.1, 0.15) is 6.67 Å². The summed E-state index contributed by atoms with van der Waals surface area (Å²) in [5.74, 6) is 0.408. The molecule has 0 aromatic heterocycles. The molecule has 12 heavy (non-hydrogen) atoms. The van der Waals surface area contributed by atoms with Gasteiger partial charge in [0.25, 0.3) is 0 Å². The molecule has 1 nitrogen and oxygen atoms in total. The average Bonchev–Trinajstić information content (AvgIpc) is 2.04. The number of aliphatic imine (C=N–C) groups is 1. The third-order valence-electron chi connectivity index (χ3n) is 1.48. The van der Waals surface area contributed by atoms with E-state index < -0.39 is 6.67 Å². The summed E-state index contributed by atoms with van der Waals surface area (Å²) < 4.78 is 11.8. The molecular weight excluding hydrogens is 153 g/mol. The number of alkyl halides is 1. The summed E-state index contributed by atoms with van der Waals surface area (Å²) in [6, 6.07) is 0. The van der Waals surface area contributed by atoms with Gasteiger partial charge in [0.15, 0.2) is 0 Å². The largest absolute Gasteiger partial charge is 0.297 e. The Balaban J connectivity index is 4.32. The first kappa shape index (κ1) is 11.1. The summed E-state index contributed by atoms with van der Waals surface area (Å²) in [6.07, 6.45) is 6.93. The first-order valence-corrected chi connectivity index (χ1v) is 4.07. The molecule has 0 rings (SSSR count). The molecule has 0 bridgehead atoms. The van der Waals surface area contributed by atoms with Crippen molar-refractivity contribution in [3.63, 3.8) is 0 Å². The molecule has 0 saturated carbocycles. The van der Waals surface area contributed by atoms with Crippen molar-refractivity contribution in [2.24, 2.45) is 10.9 Å². The molecule has 0 unspecified atom stereocenters. The fraction of sp³-hybridized carbons (Fsp3) is 0.500. The van der Waals surface area contributed by atoms with Gasteiger partial charge in [-0.2, -0.15) is 0 Å². The summed E-state index contributed by atoms with van der Waals surface area (Å²) in [7, 11) is 1.72. The van der Waals surface area contributed by atoms with Crippen LogP contribution in [0.1, 0.15) is 13.8 Å². The van der Waals surface area contributed by atoms with Gasteiger partial charge in [0.2, 0.25) is 0 Å². The van der Waals surface area contributed by atoms with E-state index in [0.29, 0.717) is 5.92 Å². The maximum Gasteiger partial charge on any atom is 0.108 e. The minimum atomic E-state index is -0.409. The topological polar surface area (TPSA) is 12.4 Å². The van der Waals surface area contributed by atoms with Gasteiger partial charge in [-0.25, -0.2) is 4.39 Å². The van der Waals surface area contributed by atoms with Crippen LogP contribution in [0.4, 0.5) is 4.39 Å². The van der Waals surface area contributed by atoms with E-state index in [-0.39, 0.29) is 0 Å². The molecule has 0 atom stereocenters. The first-order chi connectivity index (χ1) is 5.72. The van der Waals surface area contributed by atoms with Gasteiger partial charge in [-0.05, 0) is 17.6 Å². The van der Waals surface area contributed by atoms with Crippen LogP contribution in [0, 0.1) is 5.92 Å². The van der Waals surface area contributed by atoms with Gasteiger partial charge < -0.3 is 0 Å².